The zero-order valence-corrected chi connectivity index (χ0v) is 11.7. The number of hydrogen-bond acceptors (Lipinski definition) is 2. The lowest BCUT2D eigenvalue weighted by atomic mass is 9.92. The van der Waals surface area contributed by atoms with Gasteiger partial charge in [-0.1, -0.05) is 36.4 Å². The van der Waals surface area contributed by atoms with Crippen molar-refractivity contribution in [3.8, 4) is 12.1 Å². The van der Waals surface area contributed by atoms with E-state index in [0.29, 0.717) is 11.1 Å². The smallest absolute Gasteiger partial charge is 0.0991 e. The third-order valence-electron chi connectivity index (χ3n) is 4.09. The molecule has 4 aromatic carbocycles. The second kappa shape index (κ2) is 4.58. The topological polar surface area (TPSA) is 47.6 Å². The van der Waals surface area contributed by atoms with Gasteiger partial charge in [0.2, 0.25) is 0 Å². The van der Waals surface area contributed by atoms with Gasteiger partial charge in [-0.2, -0.15) is 10.5 Å². The Balaban J connectivity index is 2.35. The number of benzene rings is 4. The summed E-state index contributed by atoms with van der Waals surface area (Å²) in [5, 5.41) is 24.9. The van der Waals surface area contributed by atoms with Gasteiger partial charge in [-0.15, -0.1) is 0 Å². The Morgan fingerprint density at radius 3 is 1.41 bits per heavy atom. The first-order valence-corrected chi connectivity index (χ1v) is 7.00. The quantitative estimate of drug-likeness (QED) is 0.430. The molecule has 0 bridgehead atoms. The van der Waals surface area contributed by atoms with Gasteiger partial charge in [0.25, 0.3) is 0 Å². The van der Waals surface area contributed by atoms with Crippen LogP contribution in [0.4, 0.5) is 0 Å². The van der Waals surface area contributed by atoms with Crippen LogP contribution in [0.1, 0.15) is 11.1 Å². The minimum absolute atomic E-state index is 0.647. The standard InChI is InChI=1S/C20H10N2/c21-11-13-5-7-17-15-3-1-2-4-16(15)19-9-14(12-22)6-8-18(19)20(17)10-13/h1-10H. The largest absolute Gasteiger partial charge is 0.192 e. The highest BCUT2D eigenvalue weighted by Gasteiger charge is 2.09. The SMILES string of the molecule is N#Cc1ccc2c(c1)c1ccccc1c1ccc(C#N)cc12. The molecule has 0 aliphatic carbocycles. The van der Waals surface area contributed by atoms with E-state index in [4.69, 9.17) is 0 Å². The normalized spacial score (nSPS) is 10.6. The minimum atomic E-state index is 0.647. The zero-order chi connectivity index (χ0) is 15.1. The van der Waals surface area contributed by atoms with Crippen LogP contribution in [0.15, 0.2) is 60.7 Å². The average Bonchev–Trinajstić information content (AvgIpc) is 2.61. The van der Waals surface area contributed by atoms with Gasteiger partial charge in [-0.3, -0.25) is 0 Å². The fourth-order valence-corrected chi connectivity index (χ4v) is 3.10. The molecular weight excluding hydrogens is 268 g/mol. The van der Waals surface area contributed by atoms with Gasteiger partial charge in [-0.25, -0.2) is 0 Å². The highest BCUT2D eigenvalue weighted by atomic mass is 14.2. The molecule has 0 amide bonds. The maximum atomic E-state index is 9.17. The van der Waals surface area contributed by atoms with Crippen LogP contribution >= 0.6 is 0 Å². The summed E-state index contributed by atoms with van der Waals surface area (Å²) in [5.74, 6) is 0. The fourth-order valence-electron chi connectivity index (χ4n) is 3.10. The second-order valence-electron chi connectivity index (χ2n) is 5.29. The van der Waals surface area contributed by atoms with Crippen molar-refractivity contribution in [2.24, 2.45) is 0 Å². The molecule has 22 heavy (non-hydrogen) atoms. The Bertz CT molecular complexity index is 1090. The molecule has 0 aliphatic heterocycles. The number of hydrogen-bond donors (Lipinski definition) is 0. The molecule has 4 aromatic rings. The van der Waals surface area contributed by atoms with Crippen molar-refractivity contribution < 1.29 is 0 Å². The van der Waals surface area contributed by atoms with Crippen LogP contribution in [0, 0.1) is 22.7 Å². The first-order chi connectivity index (χ1) is 10.8. The van der Waals surface area contributed by atoms with Crippen molar-refractivity contribution in [2.45, 2.75) is 0 Å². The highest BCUT2D eigenvalue weighted by Crippen LogP contribution is 2.35. The molecule has 0 saturated carbocycles. The van der Waals surface area contributed by atoms with E-state index in [1.807, 2.05) is 48.5 Å². The van der Waals surface area contributed by atoms with Crippen LogP contribution < -0.4 is 0 Å². The fraction of sp³-hybridized carbons (Fsp3) is 0. The maximum absolute atomic E-state index is 9.17. The van der Waals surface area contributed by atoms with Gasteiger partial charge in [0.05, 0.1) is 23.3 Å². The lowest BCUT2D eigenvalue weighted by Crippen LogP contribution is -1.85. The van der Waals surface area contributed by atoms with Gasteiger partial charge >= 0.3 is 0 Å². The van der Waals surface area contributed by atoms with E-state index >= 15 is 0 Å². The zero-order valence-electron chi connectivity index (χ0n) is 11.7. The molecule has 0 N–H and O–H groups in total. The van der Waals surface area contributed by atoms with E-state index in [0.717, 1.165) is 32.3 Å². The second-order valence-corrected chi connectivity index (χ2v) is 5.29. The van der Waals surface area contributed by atoms with Crippen LogP contribution in [0.2, 0.25) is 0 Å². The minimum Gasteiger partial charge on any atom is -0.192 e. The third kappa shape index (κ3) is 1.65. The van der Waals surface area contributed by atoms with Gasteiger partial charge in [-0.05, 0) is 56.6 Å². The molecule has 0 aliphatic rings. The molecule has 0 aromatic heterocycles. The lowest BCUT2D eigenvalue weighted by molar-refractivity contribution is 1.49. The van der Waals surface area contributed by atoms with Crippen LogP contribution in [0.5, 0.6) is 0 Å². The first kappa shape index (κ1) is 12.4. The van der Waals surface area contributed by atoms with Gasteiger partial charge in [0.1, 0.15) is 0 Å². The predicted octanol–water partition coefficient (Wildman–Crippen LogP) is 4.89. The van der Waals surface area contributed by atoms with Crippen LogP contribution in [-0.4, -0.2) is 0 Å². The molecule has 0 spiro atoms. The van der Waals surface area contributed by atoms with Crippen molar-refractivity contribution in [1.82, 2.24) is 0 Å². The average molecular weight is 278 g/mol. The lowest BCUT2D eigenvalue weighted by Gasteiger charge is -2.10. The first-order valence-electron chi connectivity index (χ1n) is 7.00. The summed E-state index contributed by atoms with van der Waals surface area (Å²) in [6.07, 6.45) is 0. The molecule has 100 valence electrons. The molecule has 0 radical (unpaired) electrons. The molecule has 0 fully saturated rings. The molecule has 2 heteroatoms. The van der Waals surface area contributed by atoms with E-state index < -0.39 is 0 Å². The highest BCUT2D eigenvalue weighted by molar-refractivity contribution is 6.25. The van der Waals surface area contributed by atoms with Crippen LogP contribution in [0.3, 0.4) is 0 Å². The summed E-state index contributed by atoms with van der Waals surface area (Å²) >= 11 is 0. The third-order valence-corrected chi connectivity index (χ3v) is 4.09. The maximum Gasteiger partial charge on any atom is 0.0991 e. The Hall–Kier alpha value is -3.36. The Kier molecular flexibility index (Phi) is 2.58. The number of nitriles is 2. The molecule has 0 heterocycles. The van der Waals surface area contributed by atoms with Crippen molar-refractivity contribution in [1.29, 1.82) is 10.5 Å². The monoisotopic (exact) mass is 278 g/mol. The summed E-state index contributed by atoms with van der Waals surface area (Å²) in [6, 6.07) is 24.1. The summed E-state index contributed by atoms with van der Waals surface area (Å²) in [5.41, 5.74) is 1.29. The molecule has 4 rings (SSSR count). The van der Waals surface area contributed by atoms with Crippen molar-refractivity contribution in [3.63, 3.8) is 0 Å². The number of nitrogens with zero attached hydrogens (tertiary/aromatic N) is 2. The van der Waals surface area contributed by atoms with Gasteiger partial charge in [0, 0.05) is 0 Å². The summed E-state index contributed by atoms with van der Waals surface area (Å²) < 4.78 is 0. The molecule has 0 unspecified atom stereocenters. The number of fused-ring (bicyclic) bond motifs is 6. The Morgan fingerprint density at radius 1 is 0.500 bits per heavy atom. The van der Waals surface area contributed by atoms with E-state index in [2.05, 4.69) is 24.3 Å². The van der Waals surface area contributed by atoms with Crippen molar-refractivity contribution in [3.05, 3.63) is 71.8 Å². The van der Waals surface area contributed by atoms with E-state index in [1.54, 1.807) is 0 Å². The molecular formula is C20H10N2. The Morgan fingerprint density at radius 2 is 0.909 bits per heavy atom. The van der Waals surface area contributed by atoms with Crippen molar-refractivity contribution >= 4 is 32.3 Å². The predicted molar refractivity (Wildman–Crippen MR) is 88.4 cm³/mol. The summed E-state index contributed by atoms with van der Waals surface area (Å²) in [7, 11) is 0. The summed E-state index contributed by atoms with van der Waals surface area (Å²) in [6.45, 7) is 0. The molecule has 0 atom stereocenters. The van der Waals surface area contributed by atoms with Gasteiger partial charge < -0.3 is 0 Å². The van der Waals surface area contributed by atoms with E-state index in [9.17, 15) is 10.5 Å². The van der Waals surface area contributed by atoms with E-state index in [1.165, 1.54) is 0 Å². The summed E-state index contributed by atoms with van der Waals surface area (Å²) in [4.78, 5) is 0. The number of rotatable bonds is 0. The van der Waals surface area contributed by atoms with Gasteiger partial charge in [0.15, 0.2) is 0 Å². The van der Waals surface area contributed by atoms with Crippen molar-refractivity contribution in [2.75, 3.05) is 0 Å². The van der Waals surface area contributed by atoms with Crippen LogP contribution in [0.25, 0.3) is 32.3 Å². The van der Waals surface area contributed by atoms with E-state index in [-0.39, 0.29) is 0 Å². The molecule has 2 nitrogen and oxygen atoms in total. The van der Waals surface area contributed by atoms with Crippen LogP contribution in [-0.2, 0) is 0 Å². The molecule has 0 saturated heterocycles. The Labute approximate surface area is 127 Å².